The minimum absolute atomic E-state index is 0.0518. The van der Waals surface area contributed by atoms with Crippen LogP contribution in [-0.2, 0) is 16.6 Å². The number of hydrogen-bond acceptors (Lipinski definition) is 4. The van der Waals surface area contributed by atoms with Crippen LogP contribution in [0.4, 0.5) is 0 Å². The molecular formula is C28H44N4O2. The molecule has 5 atom stereocenters. The lowest BCUT2D eigenvalue weighted by molar-refractivity contribution is -0.136. The number of hydrogen-bond donors (Lipinski definition) is 3. The standard InChI is InChI=1S/C28H44N4O2/c1-17-14-19(34-24(33)20(29)8-6-13-32-25(30)31)15-18-16-22-27(4)11-7-10-26(2,3)21(27)9-12-28(22,5)23(17)18/h14-15,20-22H,6-13,16,29H2,1-5H3,(H4,30,31,32)/t20?,21-,22-,27-,28-/m0/s1. The molecule has 0 amide bonds. The first-order chi connectivity index (χ1) is 15.9. The van der Waals surface area contributed by atoms with E-state index in [1.54, 1.807) is 0 Å². The van der Waals surface area contributed by atoms with E-state index in [1.807, 2.05) is 6.07 Å². The van der Waals surface area contributed by atoms with Crippen LogP contribution in [0, 0.1) is 29.6 Å². The normalized spacial score (nSPS) is 32.2. The van der Waals surface area contributed by atoms with Crippen LogP contribution in [0.15, 0.2) is 17.1 Å². The topological polar surface area (TPSA) is 117 Å². The number of ether oxygens (including phenoxy) is 1. The molecule has 6 heteroatoms. The molecule has 0 aromatic heterocycles. The number of rotatable bonds is 6. The molecule has 0 radical (unpaired) electrons. The van der Waals surface area contributed by atoms with Crippen LogP contribution in [0.1, 0.15) is 89.3 Å². The van der Waals surface area contributed by atoms with Gasteiger partial charge in [0, 0.05) is 6.54 Å². The Bertz CT molecular complexity index is 983. The average Bonchev–Trinajstić information content (AvgIpc) is 3.04. The molecule has 188 valence electrons. The number of fused-ring (bicyclic) bond motifs is 5. The maximum atomic E-state index is 12.6. The van der Waals surface area contributed by atoms with Gasteiger partial charge in [0.1, 0.15) is 11.8 Å². The molecule has 3 aliphatic carbocycles. The lowest BCUT2D eigenvalue weighted by Crippen LogP contribution is -2.55. The fraction of sp³-hybridized carbons (Fsp3) is 0.714. The zero-order valence-corrected chi connectivity index (χ0v) is 21.7. The third-order valence-electron chi connectivity index (χ3n) is 9.67. The monoisotopic (exact) mass is 468 g/mol. The summed E-state index contributed by atoms with van der Waals surface area (Å²) in [5, 5.41) is 0. The Balaban J connectivity index is 1.53. The third kappa shape index (κ3) is 4.23. The number of carbonyl (C=O) groups is 1. The van der Waals surface area contributed by atoms with Crippen LogP contribution in [-0.4, -0.2) is 24.5 Å². The Hall–Kier alpha value is -2.08. The molecule has 0 bridgehead atoms. The summed E-state index contributed by atoms with van der Waals surface area (Å²) in [6, 6.07) is 3.46. The van der Waals surface area contributed by atoms with Gasteiger partial charge >= 0.3 is 5.97 Å². The van der Waals surface area contributed by atoms with Crippen LogP contribution in [0.2, 0.25) is 0 Å². The van der Waals surface area contributed by atoms with E-state index in [9.17, 15) is 4.79 Å². The van der Waals surface area contributed by atoms with Crippen molar-refractivity contribution in [2.45, 2.75) is 97.4 Å². The molecule has 1 aromatic rings. The number of aliphatic imine (C=N–C) groups is 1. The lowest BCUT2D eigenvalue weighted by atomic mass is 9.43. The van der Waals surface area contributed by atoms with E-state index >= 15 is 0 Å². The van der Waals surface area contributed by atoms with E-state index in [-0.39, 0.29) is 11.4 Å². The van der Waals surface area contributed by atoms with Gasteiger partial charge in [-0.25, -0.2) is 4.79 Å². The molecule has 0 saturated heterocycles. The number of aryl methyl sites for hydroxylation is 1. The summed E-state index contributed by atoms with van der Waals surface area (Å²) < 4.78 is 5.76. The van der Waals surface area contributed by atoms with Gasteiger partial charge in [-0.15, -0.1) is 0 Å². The molecule has 0 heterocycles. The summed E-state index contributed by atoms with van der Waals surface area (Å²) >= 11 is 0. The number of benzene rings is 1. The molecule has 1 unspecified atom stereocenters. The summed E-state index contributed by atoms with van der Waals surface area (Å²) in [6.07, 6.45) is 8.73. The largest absolute Gasteiger partial charge is 0.425 e. The maximum absolute atomic E-state index is 12.6. The summed E-state index contributed by atoms with van der Waals surface area (Å²) in [5.41, 5.74) is 21.8. The van der Waals surface area contributed by atoms with Gasteiger partial charge in [0.15, 0.2) is 5.96 Å². The van der Waals surface area contributed by atoms with Crippen molar-refractivity contribution in [3.63, 3.8) is 0 Å². The Morgan fingerprint density at radius 3 is 2.59 bits per heavy atom. The SMILES string of the molecule is Cc1cc(OC(=O)C(N)CCCN=C(N)N)cc2c1[C@@]1(C)CC[C@H]3C(C)(C)CCC[C@]3(C)[C@@H]1C2. The van der Waals surface area contributed by atoms with Crippen molar-refractivity contribution in [3.05, 3.63) is 28.8 Å². The minimum atomic E-state index is -0.688. The Kier molecular flexibility index (Phi) is 6.52. The molecule has 0 spiro atoms. The second kappa shape index (κ2) is 8.85. The first-order valence-corrected chi connectivity index (χ1v) is 13.0. The minimum Gasteiger partial charge on any atom is -0.425 e. The van der Waals surface area contributed by atoms with Crippen molar-refractivity contribution in [2.75, 3.05) is 6.54 Å². The number of guanidine groups is 1. The van der Waals surface area contributed by atoms with Gasteiger partial charge in [-0.2, -0.15) is 0 Å². The number of carbonyl (C=O) groups excluding carboxylic acids is 1. The van der Waals surface area contributed by atoms with E-state index < -0.39 is 12.0 Å². The van der Waals surface area contributed by atoms with Crippen molar-refractivity contribution >= 4 is 11.9 Å². The number of nitrogens with two attached hydrogens (primary N) is 3. The zero-order chi connectivity index (χ0) is 24.9. The Morgan fingerprint density at radius 2 is 1.88 bits per heavy atom. The first kappa shape index (κ1) is 25.0. The van der Waals surface area contributed by atoms with Gasteiger partial charge in [0.05, 0.1) is 0 Å². The highest BCUT2D eigenvalue weighted by molar-refractivity contribution is 5.78. The predicted octanol–water partition coefficient (Wildman–Crippen LogP) is 4.34. The molecule has 2 saturated carbocycles. The Morgan fingerprint density at radius 1 is 1.15 bits per heavy atom. The maximum Gasteiger partial charge on any atom is 0.328 e. The third-order valence-corrected chi connectivity index (χ3v) is 9.67. The number of esters is 1. The van der Waals surface area contributed by atoms with Gasteiger partial charge in [-0.05, 0) is 109 Å². The molecule has 4 rings (SSSR count). The highest BCUT2D eigenvalue weighted by Crippen LogP contribution is 2.67. The van der Waals surface area contributed by atoms with E-state index in [0.29, 0.717) is 41.9 Å². The second-order valence-electron chi connectivity index (χ2n) is 12.4. The zero-order valence-electron chi connectivity index (χ0n) is 21.7. The average molecular weight is 469 g/mol. The summed E-state index contributed by atoms with van der Waals surface area (Å²) in [4.78, 5) is 16.6. The smallest absolute Gasteiger partial charge is 0.328 e. The molecule has 1 aromatic carbocycles. The summed E-state index contributed by atoms with van der Waals surface area (Å²) in [7, 11) is 0. The van der Waals surface area contributed by atoms with Crippen molar-refractivity contribution in [1.82, 2.24) is 0 Å². The van der Waals surface area contributed by atoms with Crippen LogP contribution in [0.5, 0.6) is 5.75 Å². The fourth-order valence-electron chi connectivity index (χ4n) is 8.32. The first-order valence-electron chi connectivity index (χ1n) is 13.0. The van der Waals surface area contributed by atoms with Gasteiger partial charge in [0.2, 0.25) is 0 Å². The van der Waals surface area contributed by atoms with Crippen molar-refractivity contribution in [2.24, 2.45) is 44.9 Å². The second-order valence-corrected chi connectivity index (χ2v) is 12.4. The summed E-state index contributed by atoms with van der Waals surface area (Å²) in [5.74, 6) is 1.68. The van der Waals surface area contributed by atoms with Crippen LogP contribution >= 0.6 is 0 Å². The van der Waals surface area contributed by atoms with Crippen molar-refractivity contribution < 1.29 is 9.53 Å². The quantitative estimate of drug-likeness (QED) is 0.189. The van der Waals surface area contributed by atoms with Crippen LogP contribution in [0.3, 0.4) is 0 Å². The molecule has 3 aliphatic rings. The molecular weight excluding hydrogens is 424 g/mol. The molecule has 0 aliphatic heterocycles. The van der Waals surface area contributed by atoms with Crippen molar-refractivity contribution in [1.29, 1.82) is 0 Å². The van der Waals surface area contributed by atoms with Gasteiger partial charge in [-0.3, -0.25) is 4.99 Å². The highest BCUT2D eigenvalue weighted by Gasteiger charge is 2.61. The van der Waals surface area contributed by atoms with Gasteiger partial charge in [-0.1, -0.05) is 34.1 Å². The van der Waals surface area contributed by atoms with Gasteiger partial charge < -0.3 is 21.9 Å². The van der Waals surface area contributed by atoms with Crippen LogP contribution in [0.25, 0.3) is 0 Å². The van der Waals surface area contributed by atoms with Gasteiger partial charge in [0.25, 0.3) is 0 Å². The Labute approximate surface area is 205 Å². The van der Waals surface area contributed by atoms with E-state index in [4.69, 9.17) is 21.9 Å². The fourth-order valence-corrected chi connectivity index (χ4v) is 8.32. The molecule has 6 nitrogen and oxygen atoms in total. The lowest BCUT2D eigenvalue weighted by Gasteiger charge is -2.61. The molecule has 2 fully saturated rings. The summed E-state index contributed by atoms with van der Waals surface area (Å²) in [6.45, 7) is 12.7. The van der Waals surface area contributed by atoms with E-state index in [1.165, 1.54) is 48.8 Å². The number of nitrogens with zero attached hydrogens (tertiary/aromatic N) is 1. The molecule has 6 N–H and O–H groups in total. The van der Waals surface area contributed by atoms with E-state index in [0.717, 1.165) is 12.3 Å². The highest BCUT2D eigenvalue weighted by atomic mass is 16.5. The van der Waals surface area contributed by atoms with Crippen molar-refractivity contribution in [3.8, 4) is 5.75 Å². The van der Waals surface area contributed by atoms with E-state index in [2.05, 4.69) is 45.7 Å². The molecule has 34 heavy (non-hydrogen) atoms. The predicted molar refractivity (Wildman–Crippen MR) is 138 cm³/mol. The van der Waals surface area contributed by atoms with Crippen LogP contribution < -0.4 is 21.9 Å².